The van der Waals surface area contributed by atoms with Gasteiger partial charge in [-0.05, 0) is 20.8 Å². The Bertz CT molecular complexity index is 253. The Morgan fingerprint density at radius 2 is 2.00 bits per heavy atom. The van der Waals surface area contributed by atoms with Crippen LogP contribution < -0.4 is 0 Å². The molecule has 1 rings (SSSR count). The Labute approximate surface area is 82.0 Å². The fraction of sp³-hybridized carbons (Fsp3) is 0.778. The van der Waals surface area contributed by atoms with Crippen LogP contribution in [0.4, 0.5) is 9.18 Å². The lowest BCUT2D eigenvalue weighted by atomic mass is 9.99. The van der Waals surface area contributed by atoms with Gasteiger partial charge in [0.25, 0.3) is 0 Å². The molecule has 1 saturated heterocycles. The maximum Gasteiger partial charge on any atom is 0.410 e. The zero-order valence-electron chi connectivity index (χ0n) is 8.54. The molecule has 0 atom stereocenters. The molecule has 5 heteroatoms. The Kier molecular flexibility index (Phi) is 2.52. The highest BCUT2D eigenvalue weighted by molar-refractivity contribution is 5.75. The summed E-state index contributed by atoms with van der Waals surface area (Å²) < 4.78 is 18.0. The first-order chi connectivity index (χ1) is 6.26. The van der Waals surface area contributed by atoms with Crippen LogP contribution in [0.25, 0.3) is 0 Å². The molecule has 0 unspecified atom stereocenters. The zero-order chi connectivity index (χ0) is 11.0. The van der Waals surface area contributed by atoms with Gasteiger partial charge in [-0.15, -0.1) is 0 Å². The number of aldehydes is 1. The van der Waals surface area contributed by atoms with Crippen LogP contribution >= 0.6 is 0 Å². The molecule has 80 valence electrons. The second-order valence-corrected chi connectivity index (χ2v) is 4.49. The standard InChI is InChI=1S/C9H14FNO3/c1-8(2,3)14-7(13)11-4-9(10,5-11)6-12/h6H,4-5H2,1-3H3. The number of carbonyl (C=O) groups excluding carboxylic acids is 2. The minimum absolute atomic E-state index is 0.203. The highest BCUT2D eigenvalue weighted by atomic mass is 19.1. The van der Waals surface area contributed by atoms with Gasteiger partial charge >= 0.3 is 6.09 Å². The van der Waals surface area contributed by atoms with Crippen LogP contribution in [0.2, 0.25) is 0 Å². The van der Waals surface area contributed by atoms with Crippen molar-refractivity contribution in [2.75, 3.05) is 13.1 Å². The molecule has 1 aliphatic heterocycles. The lowest BCUT2D eigenvalue weighted by Crippen LogP contribution is -2.62. The minimum Gasteiger partial charge on any atom is -0.444 e. The van der Waals surface area contributed by atoms with Crippen LogP contribution in [-0.4, -0.2) is 41.6 Å². The predicted octanol–water partition coefficient (Wildman–Crippen LogP) is 1.14. The first-order valence-corrected chi connectivity index (χ1v) is 4.39. The van der Waals surface area contributed by atoms with Crippen LogP contribution in [0.5, 0.6) is 0 Å². The average Bonchev–Trinajstić information content (AvgIpc) is 1.95. The van der Waals surface area contributed by atoms with Gasteiger partial charge in [-0.2, -0.15) is 0 Å². The molecule has 1 amide bonds. The maximum absolute atomic E-state index is 13.1. The lowest BCUT2D eigenvalue weighted by Gasteiger charge is -2.41. The number of likely N-dealkylation sites (tertiary alicyclic amines) is 1. The Balaban J connectivity index is 2.41. The van der Waals surface area contributed by atoms with Gasteiger partial charge < -0.3 is 9.64 Å². The van der Waals surface area contributed by atoms with Crippen molar-refractivity contribution in [3.63, 3.8) is 0 Å². The number of hydrogen-bond acceptors (Lipinski definition) is 3. The summed E-state index contributed by atoms with van der Waals surface area (Å²) in [5.41, 5.74) is -2.45. The summed E-state index contributed by atoms with van der Waals surface area (Å²) in [5.74, 6) is 0. The van der Waals surface area contributed by atoms with Gasteiger partial charge in [-0.1, -0.05) is 0 Å². The third-order valence-corrected chi connectivity index (χ3v) is 1.77. The van der Waals surface area contributed by atoms with Gasteiger partial charge in [0, 0.05) is 0 Å². The second kappa shape index (κ2) is 3.22. The van der Waals surface area contributed by atoms with Gasteiger partial charge in [0.2, 0.25) is 5.67 Å². The fourth-order valence-corrected chi connectivity index (χ4v) is 1.12. The molecule has 0 radical (unpaired) electrons. The molecule has 1 heterocycles. The molecular formula is C9H14FNO3. The fourth-order valence-electron chi connectivity index (χ4n) is 1.12. The molecular weight excluding hydrogens is 189 g/mol. The van der Waals surface area contributed by atoms with E-state index in [1.807, 2.05) is 0 Å². The topological polar surface area (TPSA) is 46.6 Å². The van der Waals surface area contributed by atoms with Crippen LogP contribution in [0.1, 0.15) is 20.8 Å². The first kappa shape index (κ1) is 10.9. The SMILES string of the molecule is CC(C)(C)OC(=O)N1CC(F)(C=O)C1. The summed E-state index contributed by atoms with van der Waals surface area (Å²) in [7, 11) is 0. The van der Waals surface area contributed by atoms with Crippen LogP contribution in [0, 0.1) is 0 Å². The van der Waals surface area contributed by atoms with E-state index in [9.17, 15) is 14.0 Å². The molecule has 1 fully saturated rings. The van der Waals surface area contributed by atoms with Crippen molar-refractivity contribution in [2.45, 2.75) is 32.0 Å². The van der Waals surface area contributed by atoms with E-state index in [-0.39, 0.29) is 19.4 Å². The van der Waals surface area contributed by atoms with Crippen LogP contribution in [0.15, 0.2) is 0 Å². The van der Waals surface area contributed by atoms with Crippen LogP contribution in [-0.2, 0) is 9.53 Å². The molecule has 0 aliphatic carbocycles. The maximum atomic E-state index is 13.1. The summed E-state index contributed by atoms with van der Waals surface area (Å²) in [6, 6.07) is 0. The number of amides is 1. The largest absolute Gasteiger partial charge is 0.444 e. The Morgan fingerprint density at radius 3 is 2.36 bits per heavy atom. The molecule has 0 N–H and O–H groups in total. The number of carbonyl (C=O) groups is 2. The molecule has 0 bridgehead atoms. The van der Waals surface area contributed by atoms with E-state index in [1.54, 1.807) is 20.8 Å². The molecule has 4 nitrogen and oxygen atoms in total. The van der Waals surface area contributed by atoms with E-state index < -0.39 is 17.4 Å². The number of alkyl halides is 1. The molecule has 0 saturated carbocycles. The summed E-state index contributed by atoms with van der Waals surface area (Å²) in [4.78, 5) is 22.6. The van der Waals surface area contributed by atoms with Crippen molar-refractivity contribution in [2.24, 2.45) is 0 Å². The molecule has 14 heavy (non-hydrogen) atoms. The number of nitrogens with zero attached hydrogens (tertiary/aromatic N) is 1. The highest BCUT2D eigenvalue weighted by Crippen LogP contribution is 2.24. The first-order valence-electron chi connectivity index (χ1n) is 4.39. The number of ether oxygens (including phenoxy) is 1. The van der Waals surface area contributed by atoms with Crippen molar-refractivity contribution in [1.29, 1.82) is 0 Å². The molecule has 0 aromatic rings. The van der Waals surface area contributed by atoms with Gasteiger partial charge in [0.05, 0.1) is 13.1 Å². The molecule has 0 spiro atoms. The van der Waals surface area contributed by atoms with Crippen LogP contribution in [0.3, 0.4) is 0 Å². The summed E-state index contributed by atoms with van der Waals surface area (Å²) in [6.07, 6.45) is -0.346. The van der Waals surface area contributed by atoms with E-state index in [1.165, 1.54) is 4.90 Å². The predicted molar refractivity (Wildman–Crippen MR) is 47.7 cm³/mol. The highest BCUT2D eigenvalue weighted by Gasteiger charge is 2.47. The average molecular weight is 203 g/mol. The lowest BCUT2D eigenvalue weighted by molar-refractivity contribution is -0.128. The van der Waals surface area contributed by atoms with Gasteiger partial charge in [0.15, 0.2) is 6.29 Å². The van der Waals surface area contributed by atoms with E-state index in [4.69, 9.17) is 4.74 Å². The summed E-state index contributed by atoms with van der Waals surface area (Å²) >= 11 is 0. The monoisotopic (exact) mass is 203 g/mol. The normalized spacial score (nSPS) is 19.9. The zero-order valence-corrected chi connectivity index (χ0v) is 8.54. The number of rotatable bonds is 1. The van der Waals surface area contributed by atoms with Crippen molar-refractivity contribution in [3.05, 3.63) is 0 Å². The summed E-state index contributed by atoms with van der Waals surface area (Å²) in [5, 5.41) is 0. The smallest absolute Gasteiger partial charge is 0.410 e. The molecule has 0 aromatic carbocycles. The number of halogens is 1. The van der Waals surface area contributed by atoms with Crippen molar-refractivity contribution < 1.29 is 18.7 Å². The van der Waals surface area contributed by atoms with Gasteiger partial charge in [-0.3, -0.25) is 4.79 Å². The van der Waals surface area contributed by atoms with E-state index >= 15 is 0 Å². The molecule has 1 aliphatic rings. The van der Waals surface area contributed by atoms with Crippen molar-refractivity contribution >= 4 is 12.4 Å². The van der Waals surface area contributed by atoms with Gasteiger partial charge in [-0.25, -0.2) is 9.18 Å². The number of hydrogen-bond donors (Lipinski definition) is 0. The van der Waals surface area contributed by atoms with E-state index in [0.29, 0.717) is 0 Å². The minimum atomic E-state index is -1.86. The van der Waals surface area contributed by atoms with Gasteiger partial charge in [0.1, 0.15) is 5.60 Å². The Morgan fingerprint density at radius 1 is 1.50 bits per heavy atom. The van der Waals surface area contributed by atoms with E-state index in [2.05, 4.69) is 0 Å². The van der Waals surface area contributed by atoms with Crippen molar-refractivity contribution in [3.8, 4) is 0 Å². The molecule has 0 aromatic heterocycles. The third kappa shape index (κ3) is 2.43. The quantitative estimate of drug-likeness (QED) is 0.600. The van der Waals surface area contributed by atoms with E-state index in [0.717, 1.165) is 0 Å². The second-order valence-electron chi connectivity index (χ2n) is 4.49. The van der Waals surface area contributed by atoms with Crippen molar-refractivity contribution in [1.82, 2.24) is 4.90 Å². The summed E-state index contributed by atoms with van der Waals surface area (Å²) in [6.45, 7) is 4.78. The third-order valence-electron chi connectivity index (χ3n) is 1.77. The Hall–Kier alpha value is -1.13.